The second-order valence-electron chi connectivity index (χ2n) is 4.57. The van der Waals surface area contributed by atoms with E-state index in [0.717, 1.165) is 5.69 Å². The lowest BCUT2D eigenvalue weighted by Gasteiger charge is -2.18. The van der Waals surface area contributed by atoms with Crippen LogP contribution in [0.5, 0.6) is 0 Å². The Morgan fingerprint density at radius 2 is 1.81 bits per heavy atom. The normalized spacial score (nSPS) is 9.76. The molecule has 1 amide bonds. The highest BCUT2D eigenvalue weighted by Gasteiger charge is 2.08. The van der Waals surface area contributed by atoms with Crippen LogP contribution < -0.4 is 10.2 Å². The van der Waals surface area contributed by atoms with E-state index in [1.807, 2.05) is 6.07 Å². The molecule has 0 spiro atoms. The topological polar surface area (TPSA) is 56.1 Å². The molecule has 0 fully saturated rings. The van der Waals surface area contributed by atoms with Gasteiger partial charge in [0.15, 0.2) is 0 Å². The summed E-state index contributed by atoms with van der Waals surface area (Å²) in [6.45, 7) is 0.144. The van der Waals surface area contributed by atoms with Crippen LogP contribution in [0.1, 0.15) is 5.56 Å². The molecule has 0 atom stereocenters. The Balaban J connectivity index is 1.94. The molecular formula is C16H14FN3O. The van der Waals surface area contributed by atoms with Gasteiger partial charge < -0.3 is 10.2 Å². The third-order valence-corrected chi connectivity index (χ3v) is 2.95. The van der Waals surface area contributed by atoms with E-state index in [1.165, 1.54) is 12.1 Å². The number of carbonyl (C=O) groups is 1. The van der Waals surface area contributed by atoms with Crippen molar-refractivity contribution in [1.82, 2.24) is 0 Å². The van der Waals surface area contributed by atoms with Crippen molar-refractivity contribution in [3.05, 3.63) is 59.9 Å². The summed E-state index contributed by atoms with van der Waals surface area (Å²) in [7, 11) is 1.76. The number of nitriles is 1. The van der Waals surface area contributed by atoms with Crippen LogP contribution in [-0.2, 0) is 4.79 Å². The van der Waals surface area contributed by atoms with Gasteiger partial charge in [-0.2, -0.15) is 5.26 Å². The lowest BCUT2D eigenvalue weighted by molar-refractivity contribution is -0.114. The standard InChI is InChI=1S/C16H14FN3O/c1-20(15-8-4-13(17)5-9-15)11-16(21)19-14-6-2-12(10-18)3-7-14/h2-9H,11H2,1H3,(H,19,21). The molecule has 0 aliphatic rings. The van der Waals surface area contributed by atoms with E-state index in [2.05, 4.69) is 5.32 Å². The molecule has 0 aliphatic heterocycles. The quantitative estimate of drug-likeness (QED) is 0.938. The second kappa shape index (κ2) is 6.53. The summed E-state index contributed by atoms with van der Waals surface area (Å²) in [6.07, 6.45) is 0. The van der Waals surface area contributed by atoms with E-state index in [1.54, 1.807) is 48.3 Å². The summed E-state index contributed by atoms with van der Waals surface area (Å²) in [5, 5.41) is 11.4. The summed E-state index contributed by atoms with van der Waals surface area (Å²) in [5.41, 5.74) is 1.93. The number of likely N-dealkylation sites (N-methyl/N-ethyl adjacent to an activating group) is 1. The Kier molecular flexibility index (Phi) is 4.52. The van der Waals surface area contributed by atoms with Gasteiger partial charge in [0.2, 0.25) is 5.91 Å². The summed E-state index contributed by atoms with van der Waals surface area (Å²) >= 11 is 0. The van der Waals surface area contributed by atoms with E-state index in [9.17, 15) is 9.18 Å². The summed E-state index contributed by atoms with van der Waals surface area (Å²) < 4.78 is 12.8. The smallest absolute Gasteiger partial charge is 0.243 e. The molecule has 0 radical (unpaired) electrons. The average molecular weight is 283 g/mol. The SMILES string of the molecule is CN(CC(=O)Nc1ccc(C#N)cc1)c1ccc(F)cc1. The maximum absolute atomic E-state index is 12.8. The number of nitrogens with one attached hydrogen (secondary N) is 1. The highest BCUT2D eigenvalue weighted by Crippen LogP contribution is 2.13. The van der Waals surface area contributed by atoms with Gasteiger partial charge in [0.05, 0.1) is 18.2 Å². The number of carbonyl (C=O) groups excluding carboxylic acids is 1. The Hall–Kier alpha value is -2.87. The van der Waals surface area contributed by atoms with Crippen LogP contribution in [0.15, 0.2) is 48.5 Å². The number of amides is 1. The monoisotopic (exact) mass is 283 g/mol. The van der Waals surface area contributed by atoms with E-state index in [-0.39, 0.29) is 18.3 Å². The van der Waals surface area contributed by atoms with Crippen LogP contribution >= 0.6 is 0 Å². The fourth-order valence-electron chi connectivity index (χ4n) is 1.83. The van der Waals surface area contributed by atoms with E-state index < -0.39 is 0 Å². The maximum Gasteiger partial charge on any atom is 0.243 e. The molecule has 0 saturated heterocycles. The Labute approximate surface area is 122 Å². The summed E-state index contributed by atoms with van der Waals surface area (Å²) in [6, 6.07) is 14.6. The molecule has 4 nitrogen and oxygen atoms in total. The van der Waals surface area contributed by atoms with Gasteiger partial charge in [0, 0.05) is 18.4 Å². The molecule has 2 aromatic rings. The molecule has 2 rings (SSSR count). The first-order valence-electron chi connectivity index (χ1n) is 6.35. The summed E-state index contributed by atoms with van der Waals surface area (Å²) in [5.74, 6) is -0.499. The number of nitrogens with zero attached hydrogens (tertiary/aromatic N) is 2. The van der Waals surface area contributed by atoms with Crippen molar-refractivity contribution >= 4 is 17.3 Å². The van der Waals surface area contributed by atoms with E-state index in [0.29, 0.717) is 11.3 Å². The Bertz CT molecular complexity index is 659. The van der Waals surface area contributed by atoms with Gasteiger partial charge >= 0.3 is 0 Å². The van der Waals surface area contributed by atoms with E-state index in [4.69, 9.17) is 5.26 Å². The van der Waals surface area contributed by atoms with Crippen molar-refractivity contribution in [2.75, 3.05) is 23.8 Å². The van der Waals surface area contributed by atoms with Gasteiger partial charge in [-0.25, -0.2) is 4.39 Å². The lowest BCUT2D eigenvalue weighted by atomic mass is 10.2. The molecule has 0 bridgehead atoms. The van der Waals surface area contributed by atoms with E-state index >= 15 is 0 Å². The lowest BCUT2D eigenvalue weighted by Crippen LogP contribution is -2.30. The van der Waals surface area contributed by atoms with Crippen LogP contribution in [-0.4, -0.2) is 19.5 Å². The molecule has 0 saturated carbocycles. The van der Waals surface area contributed by atoms with Crippen molar-refractivity contribution in [1.29, 1.82) is 5.26 Å². The highest BCUT2D eigenvalue weighted by molar-refractivity contribution is 5.94. The minimum absolute atomic E-state index is 0.144. The molecule has 1 N–H and O–H groups in total. The van der Waals surface area contributed by atoms with Gasteiger partial charge in [-0.1, -0.05) is 0 Å². The van der Waals surface area contributed by atoms with Crippen LogP contribution in [0.2, 0.25) is 0 Å². The third kappa shape index (κ3) is 4.05. The molecule has 5 heteroatoms. The number of halogens is 1. The average Bonchev–Trinajstić information content (AvgIpc) is 2.48. The van der Waals surface area contributed by atoms with Crippen LogP contribution in [0.3, 0.4) is 0 Å². The van der Waals surface area contributed by atoms with Crippen molar-refractivity contribution in [2.45, 2.75) is 0 Å². The zero-order chi connectivity index (χ0) is 15.2. The molecular weight excluding hydrogens is 269 g/mol. The largest absolute Gasteiger partial charge is 0.365 e. The minimum atomic E-state index is -0.311. The predicted octanol–water partition coefficient (Wildman–Crippen LogP) is 2.77. The first-order valence-corrected chi connectivity index (χ1v) is 6.35. The minimum Gasteiger partial charge on any atom is -0.365 e. The molecule has 106 valence electrons. The number of hydrogen-bond donors (Lipinski definition) is 1. The number of hydrogen-bond acceptors (Lipinski definition) is 3. The van der Waals surface area contributed by atoms with Crippen molar-refractivity contribution in [2.24, 2.45) is 0 Å². The van der Waals surface area contributed by atoms with Crippen molar-refractivity contribution < 1.29 is 9.18 Å². The fourth-order valence-corrected chi connectivity index (χ4v) is 1.83. The van der Waals surface area contributed by atoms with Gasteiger partial charge in [-0.15, -0.1) is 0 Å². The van der Waals surface area contributed by atoms with Gasteiger partial charge in [0.25, 0.3) is 0 Å². The van der Waals surface area contributed by atoms with Crippen molar-refractivity contribution in [3.8, 4) is 6.07 Å². The maximum atomic E-state index is 12.8. The first kappa shape index (κ1) is 14.5. The van der Waals surface area contributed by atoms with Crippen LogP contribution in [0, 0.1) is 17.1 Å². The predicted molar refractivity (Wildman–Crippen MR) is 79.5 cm³/mol. The molecule has 21 heavy (non-hydrogen) atoms. The number of rotatable bonds is 4. The fraction of sp³-hybridized carbons (Fsp3) is 0.125. The zero-order valence-corrected chi connectivity index (χ0v) is 11.5. The van der Waals surface area contributed by atoms with Gasteiger partial charge in [0.1, 0.15) is 5.82 Å². The Morgan fingerprint density at radius 1 is 1.19 bits per heavy atom. The summed E-state index contributed by atoms with van der Waals surface area (Å²) in [4.78, 5) is 13.6. The number of anilines is 2. The second-order valence-corrected chi connectivity index (χ2v) is 4.57. The molecule has 0 aromatic heterocycles. The molecule has 2 aromatic carbocycles. The third-order valence-electron chi connectivity index (χ3n) is 2.95. The van der Waals surface area contributed by atoms with Gasteiger partial charge in [-0.3, -0.25) is 4.79 Å². The molecule has 0 aliphatic carbocycles. The molecule has 0 heterocycles. The molecule has 0 unspecified atom stereocenters. The van der Waals surface area contributed by atoms with Crippen LogP contribution in [0.25, 0.3) is 0 Å². The zero-order valence-electron chi connectivity index (χ0n) is 11.5. The van der Waals surface area contributed by atoms with Crippen molar-refractivity contribution in [3.63, 3.8) is 0 Å². The first-order chi connectivity index (χ1) is 10.1. The van der Waals surface area contributed by atoms with Crippen LogP contribution in [0.4, 0.5) is 15.8 Å². The Morgan fingerprint density at radius 3 is 2.38 bits per heavy atom. The highest BCUT2D eigenvalue weighted by atomic mass is 19.1. The van der Waals surface area contributed by atoms with Gasteiger partial charge in [-0.05, 0) is 48.5 Å². The number of benzene rings is 2.